The first-order chi connectivity index (χ1) is 16.9. The second-order valence-electron chi connectivity index (χ2n) is 13.6. The Morgan fingerprint density at radius 2 is 1.26 bits per heavy atom. The maximum absolute atomic E-state index is 11.0. The van der Waals surface area contributed by atoms with Crippen LogP contribution in [0, 0.1) is 35.5 Å². The number of hydrogen-bond acceptors (Lipinski definition) is 3. The van der Waals surface area contributed by atoms with E-state index in [9.17, 15) is 5.11 Å². The van der Waals surface area contributed by atoms with E-state index in [1.165, 1.54) is 83.5 Å². The fraction of sp³-hybridized carbons (Fsp3) is 1.00. The van der Waals surface area contributed by atoms with Crippen molar-refractivity contribution >= 4 is 0 Å². The van der Waals surface area contributed by atoms with Crippen molar-refractivity contribution in [3.63, 3.8) is 0 Å². The summed E-state index contributed by atoms with van der Waals surface area (Å²) in [6.07, 6.45) is 20.6. The van der Waals surface area contributed by atoms with Crippen LogP contribution in [0.15, 0.2) is 0 Å². The zero-order valence-corrected chi connectivity index (χ0v) is 24.0. The summed E-state index contributed by atoms with van der Waals surface area (Å²) < 4.78 is 6.02. The Balaban J connectivity index is 1.36. The molecule has 0 heterocycles. The van der Waals surface area contributed by atoms with Gasteiger partial charge in [-0.3, -0.25) is 4.90 Å². The molecule has 3 nitrogen and oxygen atoms in total. The molecule has 3 heteroatoms. The second kappa shape index (κ2) is 13.1. The lowest BCUT2D eigenvalue weighted by Crippen LogP contribution is -2.53. The Morgan fingerprint density at radius 1 is 0.657 bits per heavy atom. The molecule has 0 amide bonds. The van der Waals surface area contributed by atoms with Gasteiger partial charge < -0.3 is 9.84 Å². The maximum atomic E-state index is 11.0. The lowest BCUT2D eigenvalue weighted by Gasteiger charge is -2.50. The van der Waals surface area contributed by atoms with Gasteiger partial charge in [0.05, 0.1) is 12.2 Å². The number of hydrogen-bond donors (Lipinski definition) is 1. The fourth-order valence-electron chi connectivity index (χ4n) is 8.84. The SMILES string of the molecule is CCOC1CC(C)C(O)C(CC2CCC(N(C3CCC(CC)CC3)C3CCC(C)C(C)C3)CC2)C1. The third-order valence-corrected chi connectivity index (χ3v) is 11.4. The highest BCUT2D eigenvalue weighted by Crippen LogP contribution is 2.43. The van der Waals surface area contributed by atoms with E-state index in [0.717, 1.165) is 61.2 Å². The van der Waals surface area contributed by atoms with Crippen LogP contribution in [-0.4, -0.2) is 46.9 Å². The van der Waals surface area contributed by atoms with Crippen LogP contribution in [0.1, 0.15) is 131 Å². The topological polar surface area (TPSA) is 32.7 Å². The standard InChI is InChI=1S/C32H59NO2/c1-6-25-9-14-28(15-10-25)33(30-13-8-22(3)23(4)18-30)29-16-11-26(12-17-29)20-27-21-31(35-7-2)19-24(5)32(27)34/h22-32,34H,6-21H2,1-5H3. The number of aliphatic hydroxyl groups is 1. The molecule has 4 fully saturated rings. The molecule has 0 saturated heterocycles. The Kier molecular flexibility index (Phi) is 10.4. The van der Waals surface area contributed by atoms with E-state index in [1.54, 1.807) is 0 Å². The van der Waals surface area contributed by atoms with E-state index >= 15 is 0 Å². The summed E-state index contributed by atoms with van der Waals surface area (Å²) in [5, 5.41) is 11.0. The summed E-state index contributed by atoms with van der Waals surface area (Å²) in [5.74, 6) is 4.40. The van der Waals surface area contributed by atoms with Crippen LogP contribution in [-0.2, 0) is 4.74 Å². The molecule has 4 aliphatic rings. The average molecular weight is 490 g/mol. The van der Waals surface area contributed by atoms with Crippen LogP contribution in [0.3, 0.4) is 0 Å². The van der Waals surface area contributed by atoms with E-state index in [4.69, 9.17) is 4.74 Å². The summed E-state index contributed by atoms with van der Waals surface area (Å²) in [6, 6.07) is 2.49. The largest absolute Gasteiger partial charge is 0.393 e. The van der Waals surface area contributed by atoms with Crippen molar-refractivity contribution in [1.29, 1.82) is 0 Å². The number of nitrogens with zero attached hydrogens (tertiary/aromatic N) is 1. The molecule has 7 atom stereocenters. The summed E-state index contributed by atoms with van der Waals surface area (Å²) in [4.78, 5) is 3.13. The van der Waals surface area contributed by atoms with Gasteiger partial charge in [-0.2, -0.15) is 0 Å². The molecule has 4 saturated carbocycles. The van der Waals surface area contributed by atoms with Gasteiger partial charge in [-0.15, -0.1) is 0 Å². The van der Waals surface area contributed by atoms with Crippen molar-refractivity contribution in [3.8, 4) is 0 Å². The Morgan fingerprint density at radius 3 is 1.83 bits per heavy atom. The highest BCUT2D eigenvalue weighted by Gasteiger charge is 2.41. The third kappa shape index (κ3) is 7.05. The molecule has 7 unspecified atom stereocenters. The Hall–Kier alpha value is -0.120. The average Bonchev–Trinajstić information content (AvgIpc) is 2.86. The van der Waals surface area contributed by atoms with Gasteiger partial charge in [0.15, 0.2) is 0 Å². The van der Waals surface area contributed by atoms with Crippen molar-refractivity contribution in [2.75, 3.05) is 6.61 Å². The van der Waals surface area contributed by atoms with Crippen LogP contribution in [0.25, 0.3) is 0 Å². The molecule has 0 aromatic rings. The zero-order valence-electron chi connectivity index (χ0n) is 24.0. The molecule has 0 aromatic carbocycles. The maximum Gasteiger partial charge on any atom is 0.0595 e. The first-order valence-corrected chi connectivity index (χ1v) is 16.0. The fourth-order valence-corrected chi connectivity index (χ4v) is 8.84. The lowest BCUT2D eigenvalue weighted by atomic mass is 9.71. The molecule has 0 aromatic heterocycles. The van der Waals surface area contributed by atoms with Crippen LogP contribution in [0.5, 0.6) is 0 Å². The molecule has 4 aliphatic carbocycles. The van der Waals surface area contributed by atoms with Crippen molar-refractivity contribution in [2.45, 2.75) is 161 Å². The zero-order chi connectivity index (χ0) is 24.9. The lowest BCUT2D eigenvalue weighted by molar-refractivity contribution is -0.0670. The minimum Gasteiger partial charge on any atom is -0.393 e. The Labute approximate surface area is 218 Å². The highest BCUT2D eigenvalue weighted by molar-refractivity contribution is 4.94. The van der Waals surface area contributed by atoms with Crippen LogP contribution >= 0.6 is 0 Å². The molecule has 0 bridgehead atoms. The number of rotatable bonds is 8. The van der Waals surface area contributed by atoms with Gasteiger partial charge in [0.1, 0.15) is 0 Å². The molecule has 204 valence electrons. The van der Waals surface area contributed by atoms with Gasteiger partial charge in [0, 0.05) is 24.7 Å². The number of ether oxygens (including phenoxy) is 1. The van der Waals surface area contributed by atoms with Gasteiger partial charge >= 0.3 is 0 Å². The Bertz CT molecular complexity index is 609. The van der Waals surface area contributed by atoms with Gasteiger partial charge in [0.25, 0.3) is 0 Å². The summed E-state index contributed by atoms with van der Waals surface area (Å²) in [5.41, 5.74) is 0. The van der Waals surface area contributed by atoms with Crippen LogP contribution < -0.4 is 0 Å². The number of aliphatic hydroxyl groups excluding tert-OH is 1. The van der Waals surface area contributed by atoms with Crippen molar-refractivity contribution in [1.82, 2.24) is 4.90 Å². The van der Waals surface area contributed by atoms with Gasteiger partial charge in [-0.05, 0) is 132 Å². The molecule has 4 rings (SSSR count). The van der Waals surface area contributed by atoms with Crippen molar-refractivity contribution < 1.29 is 9.84 Å². The monoisotopic (exact) mass is 489 g/mol. The first kappa shape index (κ1) is 27.9. The smallest absolute Gasteiger partial charge is 0.0595 e. The van der Waals surface area contributed by atoms with E-state index in [1.807, 2.05) is 0 Å². The van der Waals surface area contributed by atoms with E-state index in [0.29, 0.717) is 17.9 Å². The highest BCUT2D eigenvalue weighted by atomic mass is 16.5. The summed E-state index contributed by atoms with van der Waals surface area (Å²) in [6.45, 7) is 12.6. The third-order valence-electron chi connectivity index (χ3n) is 11.4. The predicted octanol–water partition coefficient (Wildman–Crippen LogP) is 7.84. The summed E-state index contributed by atoms with van der Waals surface area (Å²) in [7, 11) is 0. The molecular formula is C32H59NO2. The van der Waals surface area contributed by atoms with E-state index in [2.05, 4.69) is 39.5 Å². The molecule has 1 N–H and O–H groups in total. The minimum absolute atomic E-state index is 0.125. The normalized spacial score (nSPS) is 45.5. The van der Waals surface area contributed by atoms with Gasteiger partial charge in [-0.1, -0.05) is 34.1 Å². The molecule has 0 spiro atoms. The molecule has 35 heavy (non-hydrogen) atoms. The van der Waals surface area contributed by atoms with Crippen molar-refractivity contribution in [3.05, 3.63) is 0 Å². The quantitative estimate of drug-likeness (QED) is 0.377. The van der Waals surface area contributed by atoms with Crippen molar-refractivity contribution in [2.24, 2.45) is 35.5 Å². The van der Waals surface area contributed by atoms with Crippen LogP contribution in [0.2, 0.25) is 0 Å². The van der Waals surface area contributed by atoms with Crippen LogP contribution in [0.4, 0.5) is 0 Å². The molecule has 0 radical (unpaired) electrons. The minimum atomic E-state index is -0.125. The van der Waals surface area contributed by atoms with Gasteiger partial charge in [0.2, 0.25) is 0 Å². The van der Waals surface area contributed by atoms with E-state index < -0.39 is 0 Å². The van der Waals surface area contributed by atoms with E-state index in [-0.39, 0.29) is 6.10 Å². The molecular weight excluding hydrogens is 430 g/mol. The molecule has 0 aliphatic heterocycles. The predicted molar refractivity (Wildman–Crippen MR) is 148 cm³/mol. The van der Waals surface area contributed by atoms with Gasteiger partial charge in [-0.25, -0.2) is 0 Å². The summed E-state index contributed by atoms with van der Waals surface area (Å²) >= 11 is 0. The first-order valence-electron chi connectivity index (χ1n) is 16.0. The second-order valence-corrected chi connectivity index (χ2v) is 13.6.